The summed E-state index contributed by atoms with van der Waals surface area (Å²) in [7, 11) is 1.50. The Morgan fingerprint density at radius 1 is 1.31 bits per heavy atom. The van der Waals surface area contributed by atoms with Crippen LogP contribution in [0.5, 0.6) is 0 Å². The third kappa shape index (κ3) is 5.03. The van der Waals surface area contributed by atoms with Gasteiger partial charge in [0.1, 0.15) is 5.82 Å². The molecular weight excluding hydrogens is 430 g/mol. The highest BCUT2D eigenvalue weighted by molar-refractivity contribution is 7.99. The molecule has 32 heavy (non-hydrogen) atoms. The molecule has 0 spiro atoms. The molecule has 0 saturated carbocycles. The maximum atomic E-state index is 13.2. The maximum absolute atomic E-state index is 13.2. The second-order valence-electron chi connectivity index (χ2n) is 7.27. The Balaban J connectivity index is 1.90. The van der Waals surface area contributed by atoms with E-state index in [0.717, 1.165) is 16.5 Å². The number of pyridine rings is 1. The smallest absolute Gasteiger partial charge is 0.330 e. The number of nitrogens with one attached hydrogen (secondary N) is 1. The summed E-state index contributed by atoms with van der Waals surface area (Å²) in [4.78, 5) is 46.1. The number of nitrogens with two attached hydrogens (primary N) is 1. The highest BCUT2D eigenvalue weighted by Crippen LogP contribution is 2.25. The summed E-state index contributed by atoms with van der Waals surface area (Å²) in [6.07, 6.45) is 0.643. The summed E-state index contributed by atoms with van der Waals surface area (Å²) in [6, 6.07) is 9.74. The number of hydrogen-bond donors (Lipinski definition) is 2. The van der Waals surface area contributed by atoms with Crippen molar-refractivity contribution in [1.82, 2.24) is 14.5 Å². The Morgan fingerprint density at radius 2 is 2.06 bits per heavy atom. The van der Waals surface area contributed by atoms with Gasteiger partial charge in [0.05, 0.1) is 22.9 Å². The Kier molecular flexibility index (Phi) is 7.70. The van der Waals surface area contributed by atoms with Crippen LogP contribution >= 0.6 is 11.8 Å². The molecule has 3 rings (SSSR count). The zero-order chi connectivity index (χ0) is 23.3. The first-order chi connectivity index (χ1) is 15.4. The average Bonchev–Trinajstić information content (AvgIpc) is 2.77. The Bertz CT molecular complexity index is 1240. The second kappa shape index (κ2) is 10.5. The van der Waals surface area contributed by atoms with Gasteiger partial charge < -0.3 is 15.4 Å². The first-order valence-corrected chi connectivity index (χ1v) is 11.3. The monoisotopic (exact) mass is 457 g/mol. The van der Waals surface area contributed by atoms with Crippen molar-refractivity contribution in [3.63, 3.8) is 0 Å². The lowest BCUT2D eigenvalue weighted by molar-refractivity contribution is -0.116. The number of carbonyl (C=O) groups excluding carboxylic acids is 1. The van der Waals surface area contributed by atoms with E-state index in [2.05, 4.69) is 9.97 Å². The Labute approximate surface area is 189 Å². The number of methoxy groups -OCH3 is 1. The zero-order valence-corrected chi connectivity index (χ0v) is 19.2. The summed E-state index contributed by atoms with van der Waals surface area (Å²) in [5.41, 5.74) is 6.74. The molecule has 0 aliphatic heterocycles. The van der Waals surface area contributed by atoms with E-state index in [4.69, 9.17) is 10.5 Å². The number of thioether (sulfide) groups is 1. The largest absolute Gasteiger partial charge is 0.383 e. The second-order valence-corrected chi connectivity index (χ2v) is 8.26. The Morgan fingerprint density at radius 3 is 2.78 bits per heavy atom. The van der Waals surface area contributed by atoms with Gasteiger partial charge in [-0.25, -0.2) is 9.78 Å². The molecule has 0 fully saturated rings. The molecule has 0 bridgehead atoms. The summed E-state index contributed by atoms with van der Waals surface area (Å²) in [6.45, 7) is 4.54. The van der Waals surface area contributed by atoms with Gasteiger partial charge in [0.15, 0.2) is 5.69 Å². The van der Waals surface area contributed by atoms with E-state index < -0.39 is 11.2 Å². The Hall–Kier alpha value is -3.11. The van der Waals surface area contributed by atoms with E-state index in [0.29, 0.717) is 18.0 Å². The molecule has 170 valence electrons. The van der Waals surface area contributed by atoms with Gasteiger partial charge in [0.2, 0.25) is 5.91 Å². The third-order valence-corrected chi connectivity index (χ3v) is 5.89. The molecule has 0 saturated heterocycles. The summed E-state index contributed by atoms with van der Waals surface area (Å²) in [5.74, 6) is -0.325. The number of para-hydroxylation sites is 1. The SMILES string of the molecule is CCCn1c(N)c(N(CCOC)C(=O)CSc2cc(C)c3ccccc3n2)c(=O)[nH]c1=O. The number of rotatable bonds is 9. The van der Waals surface area contributed by atoms with Crippen molar-refractivity contribution in [2.75, 3.05) is 36.6 Å². The van der Waals surface area contributed by atoms with Crippen LogP contribution < -0.4 is 21.9 Å². The molecule has 1 aromatic carbocycles. The van der Waals surface area contributed by atoms with Gasteiger partial charge in [0, 0.05) is 25.6 Å². The fourth-order valence-corrected chi connectivity index (χ4v) is 4.28. The summed E-state index contributed by atoms with van der Waals surface area (Å²) < 4.78 is 6.39. The molecular formula is C22H27N5O4S. The molecule has 10 heteroatoms. The van der Waals surface area contributed by atoms with E-state index >= 15 is 0 Å². The molecule has 0 aliphatic rings. The molecule has 0 radical (unpaired) electrons. The van der Waals surface area contributed by atoms with Crippen LogP contribution in [0.2, 0.25) is 0 Å². The van der Waals surface area contributed by atoms with E-state index in [9.17, 15) is 14.4 Å². The van der Waals surface area contributed by atoms with Crippen LogP contribution in [0.4, 0.5) is 11.5 Å². The van der Waals surface area contributed by atoms with E-state index in [1.54, 1.807) is 0 Å². The number of fused-ring (bicyclic) bond motifs is 1. The van der Waals surface area contributed by atoms with Gasteiger partial charge in [-0.3, -0.25) is 19.1 Å². The summed E-state index contributed by atoms with van der Waals surface area (Å²) >= 11 is 1.28. The van der Waals surface area contributed by atoms with Gasteiger partial charge in [-0.05, 0) is 31.0 Å². The van der Waals surface area contributed by atoms with Gasteiger partial charge in [-0.2, -0.15) is 0 Å². The molecule has 9 nitrogen and oxygen atoms in total. The number of H-pyrrole nitrogens is 1. The lowest BCUT2D eigenvalue weighted by Crippen LogP contribution is -2.43. The number of aromatic nitrogens is 3. The van der Waals surface area contributed by atoms with Crippen molar-refractivity contribution < 1.29 is 9.53 Å². The standard InChI is InChI=1S/C22H27N5O4S/c1-4-9-27-20(23)19(21(29)25-22(27)30)26(10-11-31-3)18(28)13-32-17-12-14(2)15-7-5-6-8-16(15)24-17/h5-8,12H,4,9-11,13,23H2,1-3H3,(H,25,29,30). The van der Waals surface area contributed by atoms with E-state index in [1.165, 1.54) is 28.3 Å². The topological polar surface area (TPSA) is 123 Å². The predicted molar refractivity (Wildman–Crippen MR) is 127 cm³/mol. The number of nitrogen functional groups attached to an aromatic ring is 1. The zero-order valence-electron chi connectivity index (χ0n) is 18.4. The number of nitrogens with zero attached hydrogens (tertiary/aromatic N) is 3. The average molecular weight is 458 g/mol. The van der Waals surface area contributed by atoms with Crippen LogP contribution in [0.15, 0.2) is 44.9 Å². The minimum atomic E-state index is -0.700. The van der Waals surface area contributed by atoms with Gasteiger partial charge in [-0.15, -0.1) is 0 Å². The van der Waals surface area contributed by atoms with Crippen LogP contribution in [0.25, 0.3) is 10.9 Å². The maximum Gasteiger partial charge on any atom is 0.330 e. The van der Waals surface area contributed by atoms with Gasteiger partial charge >= 0.3 is 5.69 Å². The van der Waals surface area contributed by atoms with Crippen molar-refractivity contribution >= 4 is 40.1 Å². The van der Waals surface area contributed by atoms with E-state index in [1.807, 2.05) is 44.2 Å². The fourth-order valence-electron chi connectivity index (χ4n) is 3.43. The van der Waals surface area contributed by atoms with Crippen LogP contribution in [-0.2, 0) is 16.1 Å². The summed E-state index contributed by atoms with van der Waals surface area (Å²) in [5, 5.41) is 1.77. The molecule has 0 unspecified atom stereocenters. The van der Waals surface area contributed by atoms with Crippen LogP contribution in [0.1, 0.15) is 18.9 Å². The van der Waals surface area contributed by atoms with Crippen molar-refractivity contribution in [3.8, 4) is 0 Å². The molecule has 1 amide bonds. The highest BCUT2D eigenvalue weighted by atomic mass is 32.2. The normalized spacial score (nSPS) is 11.1. The molecule has 3 aromatic rings. The van der Waals surface area contributed by atoms with Crippen LogP contribution in [0.3, 0.4) is 0 Å². The van der Waals surface area contributed by atoms with Crippen molar-refractivity contribution in [2.24, 2.45) is 0 Å². The number of amides is 1. The third-order valence-electron chi connectivity index (χ3n) is 4.99. The minimum absolute atomic E-state index is 0.0327. The molecule has 0 aliphatic carbocycles. The highest BCUT2D eigenvalue weighted by Gasteiger charge is 2.24. The number of aryl methyl sites for hydroxylation is 1. The first kappa shape index (κ1) is 23.6. The van der Waals surface area contributed by atoms with Crippen molar-refractivity contribution in [3.05, 3.63) is 56.7 Å². The van der Waals surface area contributed by atoms with Gasteiger partial charge in [-0.1, -0.05) is 36.9 Å². The molecule has 3 N–H and O–H groups in total. The number of carbonyl (C=O) groups is 1. The van der Waals surface area contributed by atoms with Crippen LogP contribution in [-0.4, -0.2) is 46.5 Å². The van der Waals surface area contributed by atoms with Gasteiger partial charge in [0.25, 0.3) is 5.56 Å². The molecule has 2 heterocycles. The molecule has 2 aromatic heterocycles. The van der Waals surface area contributed by atoms with Crippen molar-refractivity contribution in [2.45, 2.75) is 31.8 Å². The lowest BCUT2D eigenvalue weighted by Gasteiger charge is -2.24. The number of aromatic amines is 1. The lowest BCUT2D eigenvalue weighted by atomic mass is 10.1. The number of hydrogen-bond acceptors (Lipinski definition) is 7. The number of benzene rings is 1. The minimum Gasteiger partial charge on any atom is -0.383 e. The van der Waals surface area contributed by atoms with Crippen molar-refractivity contribution in [1.29, 1.82) is 0 Å². The quantitative estimate of drug-likeness (QED) is 0.472. The fraction of sp³-hybridized carbons (Fsp3) is 0.364. The molecule has 0 atom stereocenters. The van der Waals surface area contributed by atoms with Crippen LogP contribution in [0, 0.1) is 6.92 Å². The predicted octanol–water partition coefficient (Wildman–Crippen LogP) is 2.16. The number of ether oxygens (including phenoxy) is 1. The number of anilines is 2. The first-order valence-electron chi connectivity index (χ1n) is 10.3. The van der Waals surface area contributed by atoms with E-state index in [-0.39, 0.29) is 36.3 Å².